The number of aromatic carboxylic acids is 1. The number of hydrogen-bond donors (Lipinski definition) is 3. The van der Waals surface area contributed by atoms with Gasteiger partial charge in [0.1, 0.15) is 23.8 Å². The number of benzene rings is 1. The fraction of sp³-hybridized carbons (Fsp3) is 0.267. The Kier molecular flexibility index (Phi) is 3.44. The third-order valence-electron chi connectivity index (χ3n) is 3.56. The van der Waals surface area contributed by atoms with Crippen LogP contribution in [-0.4, -0.2) is 33.3 Å². The zero-order chi connectivity index (χ0) is 16.6. The van der Waals surface area contributed by atoms with E-state index < -0.39 is 11.6 Å². The van der Waals surface area contributed by atoms with Crippen LogP contribution >= 0.6 is 0 Å². The Labute approximate surface area is 132 Å². The lowest BCUT2D eigenvalue weighted by atomic mass is 10.0. The van der Waals surface area contributed by atoms with Crippen molar-refractivity contribution in [2.75, 3.05) is 18.1 Å². The summed E-state index contributed by atoms with van der Waals surface area (Å²) in [7, 11) is 0. The highest BCUT2D eigenvalue weighted by Gasteiger charge is 2.38. The third-order valence-corrected chi connectivity index (χ3v) is 3.56. The lowest BCUT2D eigenvalue weighted by molar-refractivity contribution is 0.0526. The van der Waals surface area contributed by atoms with Crippen molar-refractivity contribution in [2.45, 2.75) is 18.9 Å². The summed E-state index contributed by atoms with van der Waals surface area (Å²) in [5.74, 6) is 0.319. The molecular formula is C15H16N4O4. The molecule has 23 heavy (non-hydrogen) atoms. The van der Waals surface area contributed by atoms with Crippen LogP contribution in [-0.2, 0) is 6.42 Å². The molecule has 0 spiro atoms. The molecule has 1 aromatic heterocycles. The van der Waals surface area contributed by atoms with Gasteiger partial charge in [0.2, 0.25) is 11.8 Å². The first-order valence-corrected chi connectivity index (χ1v) is 6.93. The van der Waals surface area contributed by atoms with E-state index in [2.05, 4.69) is 9.97 Å². The van der Waals surface area contributed by atoms with E-state index in [9.17, 15) is 4.79 Å². The van der Waals surface area contributed by atoms with Gasteiger partial charge < -0.3 is 26.0 Å². The molecule has 1 aliphatic heterocycles. The van der Waals surface area contributed by atoms with E-state index in [4.69, 9.17) is 26.0 Å². The maximum Gasteiger partial charge on any atom is 0.335 e. The van der Waals surface area contributed by atoms with Crippen molar-refractivity contribution >= 4 is 17.7 Å². The number of aromatic nitrogens is 2. The topological polar surface area (TPSA) is 134 Å². The Morgan fingerprint density at radius 2 is 2.04 bits per heavy atom. The number of hydrogen-bond acceptors (Lipinski definition) is 7. The Morgan fingerprint density at radius 3 is 2.70 bits per heavy atom. The van der Waals surface area contributed by atoms with E-state index in [1.165, 1.54) is 12.1 Å². The van der Waals surface area contributed by atoms with Crippen molar-refractivity contribution in [2.24, 2.45) is 0 Å². The largest absolute Gasteiger partial charge is 0.489 e. The van der Waals surface area contributed by atoms with E-state index in [0.29, 0.717) is 29.4 Å². The lowest BCUT2D eigenvalue weighted by Gasteiger charge is -2.23. The Morgan fingerprint density at radius 1 is 1.35 bits per heavy atom. The Balaban J connectivity index is 1.69. The standard InChI is InChI=1S/C15H16N4O4/c1-15(6-10-11(16)18-14(17)19-12(10)23-15)7-22-9-4-2-8(3-5-9)13(20)21/h2-5H,6-7H2,1H3,(H,20,21)(H4,16,17,18,19). The summed E-state index contributed by atoms with van der Waals surface area (Å²) < 4.78 is 11.5. The first-order chi connectivity index (χ1) is 10.9. The normalized spacial score (nSPS) is 19.0. The maximum atomic E-state index is 10.8. The quantitative estimate of drug-likeness (QED) is 0.763. The smallest absolute Gasteiger partial charge is 0.335 e. The predicted molar refractivity (Wildman–Crippen MR) is 82.5 cm³/mol. The van der Waals surface area contributed by atoms with Crippen molar-refractivity contribution in [3.8, 4) is 11.6 Å². The number of nitrogens with two attached hydrogens (primary N) is 2. The van der Waals surface area contributed by atoms with Gasteiger partial charge in [0, 0.05) is 6.42 Å². The molecule has 8 nitrogen and oxygen atoms in total. The van der Waals surface area contributed by atoms with Crippen LogP contribution in [0.1, 0.15) is 22.8 Å². The van der Waals surface area contributed by atoms with Gasteiger partial charge in [-0.05, 0) is 31.2 Å². The van der Waals surface area contributed by atoms with Crippen LogP contribution in [0.15, 0.2) is 24.3 Å². The molecule has 5 N–H and O–H groups in total. The van der Waals surface area contributed by atoms with Crippen LogP contribution in [0.5, 0.6) is 11.6 Å². The highest BCUT2D eigenvalue weighted by Crippen LogP contribution is 2.36. The number of anilines is 2. The van der Waals surface area contributed by atoms with Crippen LogP contribution in [0.25, 0.3) is 0 Å². The molecular weight excluding hydrogens is 300 g/mol. The fourth-order valence-electron chi connectivity index (χ4n) is 2.40. The minimum Gasteiger partial charge on any atom is -0.489 e. The SMILES string of the molecule is CC1(COc2ccc(C(=O)O)cc2)Cc2c(N)nc(N)nc2O1. The number of rotatable bonds is 4. The average Bonchev–Trinajstić information content (AvgIpc) is 2.83. The van der Waals surface area contributed by atoms with Crippen molar-refractivity contribution in [3.05, 3.63) is 35.4 Å². The summed E-state index contributed by atoms with van der Waals surface area (Å²) in [5, 5.41) is 8.87. The number of ether oxygens (including phenoxy) is 2. The van der Waals surface area contributed by atoms with Crippen LogP contribution < -0.4 is 20.9 Å². The van der Waals surface area contributed by atoms with Gasteiger partial charge in [0.05, 0.1) is 11.1 Å². The summed E-state index contributed by atoms with van der Waals surface area (Å²) in [4.78, 5) is 18.8. The third kappa shape index (κ3) is 2.96. The van der Waals surface area contributed by atoms with Crippen molar-refractivity contribution in [3.63, 3.8) is 0 Å². The molecule has 120 valence electrons. The molecule has 0 fully saturated rings. The molecule has 2 aromatic rings. The van der Waals surface area contributed by atoms with E-state index in [-0.39, 0.29) is 18.1 Å². The van der Waals surface area contributed by atoms with Gasteiger partial charge in [0.25, 0.3) is 0 Å². The summed E-state index contributed by atoms with van der Waals surface area (Å²) in [6.07, 6.45) is 0.502. The maximum absolute atomic E-state index is 10.8. The number of carboxylic acid groups (broad SMARTS) is 1. The molecule has 1 unspecified atom stereocenters. The van der Waals surface area contributed by atoms with Gasteiger partial charge >= 0.3 is 5.97 Å². The monoisotopic (exact) mass is 316 g/mol. The van der Waals surface area contributed by atoms with E-state index in [0.717, 1.165) is 0 Å². The molecule has 0 aliphatic carbocycles. The predicted octanol–water partition coefficient (Wildman–Crippen LogP) is 1.11. The molecule has 0 amide bonds. The van der Waals surface area contributed by atoms with Crippen molar-refractivity contribution in [1.29, 1.82) is 0 Å². The Bertz CT molecular complexity index is 763. The minimum atomic E-state index is -0.982. The first kappa shape index (κ1) is 14.9. The van der Waals surface area contributed by atoms with Crippen molar-refractivity contribution in [1.82, 2.24) is 9.97 Å². The first-order valence-electron chi connectivity index (χ1n) is 6.93. The second-order valence-corrected chi connectivity index (χ2v) is 5.60. The molecule has 3 rings (SSSR count). The molecule has 0 saturated heterocycles. The summed E-state index contributed by atoms with van der Waals surface area (Å²) >= 11 is 0. The van der Waals surface area contributed by atoms with Gasteiger partial charge in [-0.3, -0.25) is 0 Å². The number of carbonyl (C=O) groups is 1. The van der Waals surface area contributed by atoms with Gasteiger partial charge in [-0.25, -0.2) is 4.79 Å². The van der Waals surface area contributed by atoms with Gasteiger partial charge in [0.15, 0.2) is 0 Å². The van der Waals surface area contributed by atoms with Crippen LogP contribution in [0.3, 0.4) is 0 Å². The molecule has 0 bridgehead atoms. The molecule has 1 aliphatic rings. The second-order valence-electron chi connectivity index (χ2n) is 5.60. The summed E-state index contributed by atoms with van der Waals surface area (Å²) in [6, 6.07) is 6.16. The number of fused-ring (bicyclic) bond motifs is 1. The highest BCUT2D eigenvalue weighted by molar-refractivity contribution is 5.87. The van der Waals surface area contributed by atoms with Crippen molar-refractivity contribution < 1.29 is 19.4 Å². The summed E-state index contributed by atoms with van der Waals surface area (Å²) in [5.41, 5.74) is 11.7. The van der Waals surface area contributed by atoms with E-state index in [1.807, 2.05) is 6.92 Å². The van der Waals surface area contributed by atoms with Gasteiger partial charge in [-0.1, -0.05) is 0 Å². The fourth-order valence-corrected chi connectivity index (χ4v) is 2.40. The van der Waals surface area contributed by atoms with Crippen LogP contribution in [0, 0.1) is 0 Å². The number of nitrogens with zero attached hydrogens (tertiary/aromatic N) is 2. The van der Waals surface area contributed by atoms with Crippen LogP contribution in [0.2, 0.25) is 0 Å². The number of carboxylic acids is 1. The molecule has 0 saturated carbocycles. The molecule has 2 heterocycles. The molecule has 1 atom stereocenters. The van der Waals surface area contributed by atoms with Gasteiger partial charge in [-0.15, -0.1) is 0 Å². The lowest BCUT2D eigenvalue weighted by Crippen LogP contribution is -2.37. The zero-order valence-electron chi connectivity index (χ0n) is 12.4. The molecule has 1 aromatic carbocycles. The zero-order valence-corrected chi connectivity index (χ0v) is 12.4. The Hall–Kier alpha value is -3.03. The van der Waals surface area contributed by atoms with E-state index >= 15 is 0 Å². The molecule has 0 radical (unpaired) electrons. The van der Waals surface area contributed by atoms with Crippen LogP contribution in [0.4, 0.5) is 11.8 Å². The highest BCUT2D eigenvalue weighted by atomic mass is 16.6. The summed E-state index contributed by atoms with van der Waals surface area (Å²) in [6.45, 7) is 2.12. The van der Waals surface area contributed by atoms with Gasteiger partial charge in [-0.2, -0.15) is 9.97 Å². The van der Waals surface area contributed by atoms with E-state index in [1.54, 1.807) is 12.1 Å². The average molecular weight is 316 g/mol. The second kappa shape index (κ2) is 5.31. The molecule has 8 heteroatoms. The minimum absolute atomic E-state index is 0.0654. The number of nitrogen functional groups attached to an aromatic ring is 2.